The number of likely N-dealkylation sites (N-methyl/N-ethyl adjacent to an activating group) is 1. The van der Waals surface area contributed by atoms with Crippen LogP contribution in [-0.2, 0) is 10.0 Å². The molecule has 1 aliphatic heterocycles. The van der Waals surface area contributed by atoms with Gasteiger partial charge in [0, 0.05) is 38.3 Å². The summed E-state index contributed by atoms with van der Waals surface area (Å²) in [6.45, 7) is 9.47. The van der Waals surface area contributed by atoms with Gasteiger partial charge in [0.05, 0.1) is 4.90 Å². The van der Waals surface area contributed by atoms with Crippen LogP contribution in [0.3, 0.4) is 0 Å². The van der Waals surface area contributed by atoms with Crippen LogP contribution in [0.2, 0.25) is 0 Å². The van der Waals surface area contributed by atoms with Gasteiger partial charge < -0.3 is 10.2 Å². The van der Waals surface area contributed by atoms with Crippen LogP contribution >= 0.6 is 0 Å². The summed E-state index contributed by atoms with van der Waals surface area (Å²) in [6, 6.07) is 6.33. The van der Waals surface area contributed by atoms with E-state index in [9.17, 15) is 13.2 Å². The molecule has 0 aliphatic carbocycles. The molecule has 0 spiro atoms. The Morgan fingerprint density at radius 1 is 1.15 bits per heavy atom. The predicted molar refractivity (Wildman–Crippen MR) is 104 cm³/mol. The van der Waals surface area contributed by atoms with Crippen molar-refractivity contribution in [1.29, 1.82) is 0 Å². The molecule has 0 unspecified atom stereocenters. The zero-order valence-corrected chi connectivity index (χ0v) is 17.1. The highest BCUT2D eigenvalue weighted by atomic mass is 32.2. The van der Waals surface area contributed by atoms with E-state index in [-0.39, 0.29) is 16.2 Å². The molecule has 0 aromatic heterocycles. The number of nitrogens with zero attached hydrogens (tertiary/aromatic N) is 2. The molecule has 0 bridgehead atoms. The van der Waals surface area contributed by atoms with Crippen molar-refractivity contribution in [2.75, 3.05) is 39.8 Å². The molecule has 0 saturated carbocycles. The second kappa shape index (κ2) is 8.50. The summed E-state index contributed by atoms with van der Waals surface area (Å²) in [5.74, 6) is -0.227. The van der Waals surface area contributed by atoms with Gasteiger partial charge in [-0.15, -0.1) is 0 Å². The normalized spacial score (nSPS) is 17.2. The van der Waals surface area contributed by atoms with E-state index >= 15 is 0 Å². The van der Waals surface area contributed by atoms with E-state index in [0.29, 0.717) is 38.3 Å². The van der Waals surface area contributed by atoms with Crippen LogP contribution < -0.4 is 5.32 Å². The Kier molecular flexibility index (Phi) is 6.82. The maximum absolute atomic E-state index is 12.8. The highest BCUT2D eigenvalue weighted by Crippen LogP contribution is 2.20. The van der Waals surface area contributed by atoms with Crippen LogP contribution in [0.4, 0.5) is 0 Å². The van der Waals surface area contributed by atoms with Crippen LogP contribution in [-0.4, -0.2) is 63.3 Å². The van der Waals surface area contributed by atoms with Crippen LogP contribution in [0.5, 0.6) is 0 Å². The molecule has 7 heteroatoms. The Bertz CT molecular complexity index is 718. The summed E-state index contributed by atoms with van der Waals surface area (Å²) >= 11 is 0. The molecule has 6 nitrogen and oxygen atoms in total. The number of rotatable bonds is 6. The molecule has 1 aromatic rings. The van der Waals surface area contributed by atoms with Gasteiger partial charge in [0.1, 0.15) is 0 Å². The van der Waals surface area contributed by atoms with Crippen molar-refractivity contribution in [3.63, 3.8) is 0 Å². The summed E-state index contributed by atoms with van der Waals surface area (Å²) in [4.78, 5) is 14.6. The van der Waals surface area contributed by atoms with Crippen LogP contribution in [0.25, 0.3) is 0 Å². The molecule has 1 heterocycles. The van der Waals surface area contributed by atoms with Crippen LogP contribution in [0.15, 0.2) is 29.2 Å². The Hall–Kier alpha value is -1.44. The molecular weight excluding hydrogens is 350 g/mol. The molecule has 1 aromatic carbocycles. The quantitative estimate of drug-likeness (QED) is 0.767. The highest BCUT2D eigenvalue weighted by molar-refractivity contribution is 7.89. The number of benzene rings is 1. The lowest BCUT2D eigenvalue weighted by atomic mass is 9.91. The van der Waals surface area contributed by atoms with Gasteiger partial charge in [0.15, 0.2) is 0 Å². The SMILES string of the molecule is CN1CCN(S(=O)(=O)c2cccc(C(=O)NCCCC(C)(C)C)c2)CC1. The first-order valence-corrected chi connectivity index (χ1v) is 10.6. The molecule has 1 aliphatic rings. The third-order valence-corrected chi connectivity index (χ3v) is 6.48. The Morgan fingerprint density at radius 2 is 1.81 bits per heavy atom. The highest BCUT2D eigenvalue weighted by Gasteiger charge is 2.27. The number of hydrogen-bond donors (Lipinski definition) is 1. The molecular formula is C19H31N3O3S. The molecule has 0 atom stereocenters. The lowest BCUT2D eigenvalue weighted by Gasteiger charge is -2.31. The van der Waals surface area contributed by atoms with E-state index in [1.54, 1.807) is 18.2 Å². The lowest BCUT2D eigenvalue weighted by molar-refractivity contribution is 0.0951. The van der Waals surface area contributed by atoms with Crippen molar-refractivity contribution in [3.8, 4) is 0 Å². The van der Waals surface area contributed by atoms with E-state index in [0.717, 1.165) is 12.8 Å². The number of amides is 1. The third kappa shape index (κ3) is 5.79. The van der Waals surface area contributed by atoms with Gasteiger partial charge in [-0.3, -0.25) is 4.79 Å². The minimum atomic E-state index is -3.56. The third-order valence-electron chi connectivity index (χ3n) is 4.59. The zero-order valence-electron chi connectivity index (χ0n) is 16.3. The van der Waals surface area contributed by atoms with E-state index in [1.165, 1.54) is 10.4 Å². The average Bonchev–Trinajstić information content (AvgIpc) is 2.58. The van der Waals surface area contributed by atoms with Crippen LogP contribution in [0.1, 0.15) is 44.0 Å². The summed E-state index contributed by atoms with van der Waals surface area (Å²) < 4.78 is 27.1. The number of nitrogens with one attached hydrogen (secondary N) is 1. The Morgan fingerprint density at radius 3 is 2.42 bits per heavy atom. The molecule has 26 heavy (non-hydrogen) atoms. The predicted octanol–water partition coefficient (Wildman–Crippen LogP) is 2.18. The number of carbonyl (C=O) groups excluding carboxylic acids is 1. The zero-order chi connectivity index (χ0) is 19.4. The summed E-state index contributed by atoms with van der Waals surface area (Å²) in [7, 11) is -1.58. The molecule has 1 saturated heterocycles. The van der Waals surface area contributed by atoms with Crippen molar-refractivity contribution in [2.45, 2.75) is 38.5 Å². The Labute approximate surface area is 157 Å². The second-order valence-corrected chi connectivity index (χ2v) is 10.1. The van der Waals surface area contributed by atoms with E-state index in [4.69, 9.17) is 0 Å². The van der Waals surface area contributed by atoms with E-state index < -0.39 is 10.0 Å². The summed E-state index contributed by atoms with van der Waals surface area (Å²) in [5, 5.41) is 2.88. The fourth-order valence-electron chi connectivity index (χ4n) is 2.90. The largest absolute Gasteiger partial charge is 0.352 e. The summed E-state index contributed by atoms with van der Waals surface area (Å²) in [6.07, 6.45) is 1.92. The minimum absolute atomic E-state index is 0.185. The first-order valence-electron chi connectivity index (χ1n) is 9.16. The van der Waals surface area contributed by atoms with Crippen molar-refractivity contribution in [1.82, 2.24) is 14.5 Å². The van der Waals surface area contributed by atoms with Crippen molar-refractivity contribution in [3.05, 3.63) is 29.8 Å². The van der Waals surface area contributed by atoms with Crippen molar-refractivity contribution >= 4 is 15.9 Å². The van der Waals surface area contributed by atoms with E-state index in [1.807, 2.05) is 7.05 Å². The van der Waals surface area contributed by atoms with Gasteiger partial charge in [0.2, 0.25) is 10.0 Å². The molecule has 2 rings (SSSR count). The van der Waals surface area contributed by atoms with Gasteiger partial charge in [-0.05, 0) is 43.5 Å². The number of sulfonamides is 1. The standard InChI is InChI=1S/C19H31N3O3S/c1-19(2,3)9-6-10-20-18(23)16-7-5-8-17(15-16)26(24,25)22-13-11-21(4)12-14-22/h5,7-8,15H,6,9-14H2,1-4H3,(H,20,23). The van der Waals surface area contributed by atoms with Gasteiger partial charge in [-0.25, -0.2) is 8.42 Å². The van der Waals surface area contributed by atoms with Gasteiger partial charge in [0.25, 0.3) is 5.91 Å². The second-order valence-electron chi connectivity index (χ2n) is 8.16. The molecule has 146 valence electrons. The minimum Gasteiger partial charge on any atom is -0.352 e. The van der Waals surface area contributed by atoms with Gasteiger partial charge in [-0.2, -0.15) is 4.31 Å². The summed E-state index contributed by atoms with van der Waals surface area (Å²) in [5.41, 5.74) is 0.622. The monoisotopic (exact) mass is 381 g/mol. The topological polar surface area (TPSA) is 69.7 Å². The molecule has 1 amide bonds. The number of piperazine rings is 1. The first kappa shape index (κ1) is 20.9. The number of hydrogen-bond acceptors (Lipinski definition) is 4. The average molecular weight is 382 g/mol. The first-order chi connectivity index (χ1) is 12.1. The fraction of sp³-hybridized carbons (Fsp3) is 0.632. The fourth-order valence-corrected chi connectivity index (χ4v) is 4.37. The molecule has 0 radical (unpaired) electrons. The van der Waals surface area contributed by atoms with Gasteiger partial charge >= 0.3 is 0 Å². The van der Waals surface area contributed by atoms with Crippen molar-refractivity contribution in [2.24, 2.45) is 5.41 Å². The molecule has 1 fully saturated rings. The Balaban J connectivity index is 2.01. The maximum Gasteiger partial charge on any atom is 0.251 e. The van der Waals surface area contributed by atoms with Gasteiger partial charge in [-0.1, -0.05) is 26.8 Å². The van der Waals surface area contributed by atoms with Crippen molar-refractivity contribution < 1.29 is 13.2 Å². The number of carbonyl (C=O) groups is 1. The molecule has 1 N–H and O–H groups in total. The lowest BCUT2D eigenvalue weighted by Crippen LogP contribution is -2.47. The maximum atomic E-state index is 12.8. The van der Waals surface area contributed by atoms with E-state index in [2.05, 4.69) is 31.0 Å². The van der Waals surface area contributed by atoms with Crippen LogP contribution in [0, 0.1) is 5.41 Å². The smallest absolute Gasteiger partial charge is 0.251 e.